The fourth-order valence-electron chi connectivity index (χ4n) is 1.70. The second-order valence-electron chi connectivity index (χ2n) is 5.03. The Bertz CT molecular complexity index is 428. The molecule has 0 saturated heterocycles. The Labute approximate surface area is 121 Å². The molecular formula is C17H24O3. The number of hydrogen-bond acceptors (Lipinski definition) is 3. The molecule has 1 rings (SSSR count). The topological polar surface area (TPSA) is 35.5 Å². The van der Waals surface area contributed by atoms with E-state index in [-0.39, 0.29) is 5.97 Å². The predicted molar refractivity (Wildman–Crippen MR) is 80.9 cm³/mol. The Morgan fingerprint density at radius 2 is 1.80 bits per heavy atom. The van der Waals surface area contributed by atoms with Crippen molar-refractivity contribution in [2.75, 3.05) is 13.2 Å². The molecule has 0 aliphatic heterocycles. The average Bonchev–Trinajstić information content (AvgIpc) is 2.39. The first-order valence-corrected chi connectivity index (χ1v) is 7.06. The van der Waals surface area contributed by atoms with Gasteiger partial charge in [-0.15, -0.1) is 0 Å². The van der Waals surface area contributed by atoms with Gasteiger partial charge in [0, 0.05) is 6.92 Å². The molecule has 1 aromatic rings. The Morgan fingerprint density at radius 3 is 2.40 bits per heavy atom. The van der Waals surface area contributed by atoms with Crippen LogP contribution in [0.5, 0.6) is 5.75 Å². The van der Waals surface area contributed by atoms with E-state index in [1.165, 1.54) is 18.1 Å². The van der Waals surface area contributed by atoms with Crippen LogP contribution in [0.1, 0.15) is 39.2 Å². The fourth-order valence-corrected chi connectivity index (χ4v) is 1.70. The molecule has 0 saturated carbocycles. The van der Waals surface area contributed by atoms with Crippen molar-refractivity contribution in [3.63, 3.8) is 0 Å². The van der Waals surface area contributed by atoms with Crippen LogP contribution in [-0.2, 0) is 16.0 Å². The lowest BCUT2D eigenvalue weighted by Crippen LogP contribution is -2.00. The minimum Gasteiger partial charge on any atom is -0.490 e. The summed E-state index contributed by atoms with van der Waals surface area (Å²) in [6.45, 7) is 6.68. The molecule has 3 nitrogen and oxygen atoms in total. The van der Waals surface area contributed by atoms with Gasteiger partial charge in [0.15, 0.2) is 0 Å². The van der Waals surface area contributed by atoms with E-state index >= 15 is 0 Å². The van der Waals surface area contributed by atoms with Gasteiger partial charge in [0.25, 0.3) is 0 Å². The summed E-state index contributed by atoms with van der Waals surface area (Å²) in [6.07, 6.45) is 4.97. The largest absolute Gasteiger partial charge is 0.490 e. The summed E-state index contributed by atoms with van der Waals surface area (Å²) < 4.78 is 10.5. The molecule has 0 unspecified atom stereocenters. The first-order valence-electron chi connectivity index (χ1n) is 7.06. The normalized spacial score (nSPS) is 9.95. The maximum Gasteiger partial charge on any atom is 0.302 e. The molecule has 20 heavy (non-hydrogen) atoms. The minimum atomic E-state index is -0.206. The highest BCUT2D eigenvalue weighted by Gasteiger charge is 1.97. The van der Waals surface area contributed by atoms with Crippen molar-refractivity contribution in [1.82, 2.24) is 0 Å². The molecule has 0 heterocycles. The highest BCUT2D eigenvalue weighted by Crippen LogP contribution is 2.14. The van der Waals surface area contributed by atoms with E-state index in [1.807, 2.05) is 12.1 Å². The molecule has 0 radical (unpaired) electrons. The van der Waals surface area contributed by atoms with E-state index in [4.69, 9.17) is 9.47 Å². The summed E-state index contributed by atoms with van der Waals surface area (Å²) in [5, 5.41) is 0. The monoisotopic (exact) mass is 276 g/mol. The zero-order valence-corrected chi connectivity index (χ0v) is 12.6. The van der Waals surface area contributed by atoms with Gasteiger partial charge in [-0.3, -0.25) is 4.79 Å². The van der Waals surface area contributed by atoms with Crippen LogP contribution in [0.15, 0.2) is 35.9 Å². The van der Waals surface area contributed by atoms with E-state index in [2.05, 4.69) is 32.1 Å². The van der Waals surface area contributed by atoms with Crippen molar-refractivity contribution in [1.29, 1.82) is 0 Å². The summed E-state index contributed by atoms with van der Waals surface area (Å²) in [5.74, 6) is 0.689. The van der Waals surface area contributed by atoms with Gasteiger partial charge in [-0.25, -0.2) is 0 Å². The van der Waals surface area contributed by atoms with E-state index in [1.54, 1.807) is 0 Å². The van der Waals surface area contributed by atoms with Crippen molar-refractivity contribution >= 4 is 5.97 Å². The van der Waals surface area contributed by atoms with Crippen LogP contribution in [0.4, 0.5) is 0 Å². The van der Waals surface area contributed by atoms with Gasteiger partial charge in [-0.1, -0.05) is 17.7 Å². The number of benzene rings is 1. The number of aryl methyl sites for hydroxylation is 1. The number of carbonyl (C=O) groups excluding carboxylic acids is 1. The molecule has 0 spiro atoms. The van der Waals surface area contributed by atoms with Crippen molar-refractivity contribution in [2.45, 2.75) is 40.0 Å². The Morgan fingerprint density at radius 1 is 1.10 bits per heavy atom. The summed E-state index contributed by atoms with van der Waals surface area (Å²) in [6, 6.07) is 8.17. The van der Waals surface area contributed by atoms with Crippen molar-refractivity contribution in [3.05, 3.63) is 41.5 Å². The third-order valence-electron chi connectivity index (χ3n) is 2.83. The molecule has 0 atom stereocenters. The standard InChI is InChI=1S/C17H24O3/c1-14(2)11-13-20-17-9-7-16(8-10-17)6-4-5-12-19-15(3)18/h7-11H,4-6,12-13H2,1-3H3. The third-order valence-corrected chi connectivity index (χ3v) is 2.83. The number of carbonyl (C=O) groups is 1. The Hall–Kier alpha value is -1.77. The predicted octanol–water partition coefficient (Wildman–Crippen LogP) is 3.92. The SMILES string of the molecule is CC(=O)OCCCCc1ccc(OCC=C(C)C)cc1. The molecule has 1 aromatic carbocycles. The lowest BCUT2D eigenvalue weighted by molar-refractivity contribution is -0.141. The fraction of sp³-hybridized carbons (Fsp3) is 0.471. The van der Waals surface area contributed by atoms with Crippen LogP contribution in [-0.4, -0.2) is 19.2 Å². The van der Waals surface area contributed by atoms with E-state index in [9.17, 15) is 4.79 Å². The highest BCUT2D eigenvalue weighted by atomic mass is 16.5. The van der Waals surface area contributed by atoms with Gasteiger partial charge >= 0.3 is 5.97 Å². The maximum atomic E-state index is 10.6. The number of unbranched alkanes of at least 4 members (excludes halogenated alkanes) is 1. The van der Waals surface area contributed by atoms with Crippen LogP contribution in [0.2, 0.25) is 0 Å². The summed E-state index contributed by atoms with van der Waals surface area (Å²) in [4.78, 5) is 10.6. The molecule has 0 fully saturated rings. The number of allylic oxidation sites excluding steroid dienone is 1. The third kappa shape index (κ3) is 7.62. The lowest BCUT2D eigenvalue weighted by atomic mass is 10.1. The van der Waals surface area contributed by atoms with Crippen molar-refractivity contribution < 1.29 is 14.3 Å². The van der Waals surface area contributed by atoms with Crippen molar-refractivity contribution in [2.24, 2.45) is 0 Å². The van der Waals surface area contributed by atoms with Crippen LogP contribution < -0.4 is 4.74 Å². The summed E-state index contributed by atoms with van der Waals surface area (Å²) in [5.41, 5.74) is 2.54. The Balaban J connectivity index is 2.24. The molecule has 0 bridgehead atoms. The molecule has 0 aliphatic rings. The number of ether oxygens (including phenoxy) is 2. The molecule has 0 aliphatic carbocycles. The van der Waals surface area contributed by atoms with Gasteiger partial charge < -0.3 is 9.47 Å². The van der Waals surface area contributed by atoms with E-state index < -0.39 is 0 Å². The van der Waals surface area contributed by atoms with Crippen molar-refractivity contribution in [3.8, 4) is 5.75 Å². The van der Waals surface area contributed by atoms with E-state index in [0.717, 1.165) is 25.0 Å². The summed E-state index contributed by atoms with van der Waals surface area (Å²) >= 11 is 0. The van der Waals surface area contributed by atoms with Crippen LogP contribution >= 0.6 is 0 Å². The van der Waals surface area contributed by atoms with Gasteiger partial charge in [0.05, 0.1) is 6.61 Å². The highest BCUT2D eigenvalue weighted by molar-refractivity contribution is 5.65. The average molecular weight is 276 g/mol. The number of hydrogen-bond donors (Lipinski definition) is 0. The molecule has 110 valence electrons. The first-order chi connectivity index (χ1) is 9.58. The van der Waals surface area contributed by atoms with Crippen LogP contribution in [0.3, 0.4) is 0 Å². The second-order valence-corrected chi connectivity index (χ2v) is 5.03. The molecule has 0 aromatic heterocycles. The lowest BCUT2D eigenvalue weighted by Gasteiger charge is -2.06. The summed E-state index contributed by atoms with van der Waals surface area (Å²) in [7, 11) is 0. The molecular weight excluding hydrogens is 252 g/mol. The van der Waals surface area contributed by atoms with E-state index in [0.29, 0.717) is 13.2 Å². The second kappa shape index (κ2) is 9.18. The van der Waals surface area contributed by atoms with Gasteiger partial charge in [-0.05, 0) is 56.9 Å². The zero-order valence-electron chi connectivity index (χ0n) is 12.6. The van der Waals surface area contributed by atoms with Gasteiger partial charge in [0.2, 0.25) is 0 Å². The molecule has 0 N–H and O–H groups in total. The first kappa shape index (κ1) is 16.3. The van der Waals surface area contributed by atoms with Crippen LogP contribution in [0, 0.1) is 0 Å². The molecule has 3 heteroatoms. The minimum absolute atomic E-state index is 0.206. The smallest absolute Gasteiger partial charge is 0.302 e. The van der Waals surface area contributed by atoms with Gasteiger partial charge in [0.1, 0.15) is 12.4 Å². The Kier molecular flexibility index (Phi) is 7.48. The number of rotatable bonds is 8. The van der Waals surface area contributed by atoms with Crippen LogP contribution in [0.25, 0.3) is 0 Å². The van der Waals surface area contributed by atoms with Gasteiger partial charge in [-0.2, -0.15) is 0 Å². The molecule has 0 amide bonds. The number of esters is 1. The quantitative estimate of drug-likeness (QED) is 0.410. The maximum absolute atomic E-state index is 10.6. The zero-order chi connectivity index (χ0) is 14.8.